The summed E-state index contributed by atoms with van der Waals surface area (Å²) in [4.78, 5) is 2.17. The molecule has 0 fully saturated rings. The zero-order valence-corrected chi connectivity index (χ0v) is 12.4. The summed E-state index contributed by atoms with van der Waals surface area (Å²) in [5, 5.41) is -0.0991. The highest BCUT2D eigenvalue weighted by atomic mass is 32.2. The number of furan rings is 1. The summed E-state index contributed by atoms with van der Waals surface area (Å²) < 4.78 is 31.6. The van der Waals surface area contributed by atoms with Gasteiger partial charge < -0.3 is 10.2 Å². The van der Waals surface area contributed by atoms with Crippen LogP contribution in [-0.2, 0) is 23.1 Å². The first-order chi connectivity index (χ1) is 8.92. The van der Waals surface area contributed by atoms with Crippen molar-refractivity contribution < 1.29 is 12.8 Å². The van der Waals surface area contributed by atoms with Gasteiger partial charge in [-0.2, -0.15) is 0 Å². The Bertz CT molecular complexity index is 651. The average molecular weight is 300 g/mol. The number of aryl methyl sites for hydroxylation is 2. The molecule has 104 valence electrons. The molecule has 7 heteroatoms. The van der Waals surface area contributed by atoms with E-state index in [4.69, 9.17) is 10.2 Å². The highest BCUT2D eigenvalue weighted by Crippen LogP contribution is 2.21. The van der Waals surface area contributed by atoms with Gasteiger partial charge in [0.1, 0.15) is 5.76 Å². The van der Waals surface area contributed by atoms with Gasteiger partial charge in [0.25, 0.3) is 10.0 Å². The summed E-state index contributed by atoms with van der Waals surface area (Å²) >= 11 is 1.58. The van der Waals surface area contributed by atoms with Crippen molar-refractivity contribution in [1.82, 2.24) is 4.72 Å². The molecule has 5 nitrogen and oxygen atoms in total. The summed E-state index contributed by atoms with van der Waals surface area (Å²) in [5.74, 6) is 0.447. The Morgan fingerprint density at radius 1 is 1.37 bits per heavy atom. The maximum absolute atomic E-state index is 12.0. The summed E-state index contributed by atoms with van der Waals surface area (Å²) in [6, 6.07) is 4.96. The molecule has 3 N–H and O–H groups in total. The summed E-state index contributed by atoms with van der Waals surface area (Å²) in [6.45, 7) is 4.46. The van der Waals surface area contributed by atoms with Crippen molar-refractivity contribution in [2.24, 2.45) is 5.73 Å². The molecular weight excluding hydrogens is 284 g/mol. The third-order valence-corrected chi connectivity index (χ3v) is 5.18. The minimum Gasteiger partial charge on any atom is -0.447 e. The third kappa shape index (κ3) is 3.24. The van der Waals surface area contributed by atoms with E-state index in [0.29, 0.717) is 5.76 Å². The van der Waals surface area contributed by atoms with E-state index in [1.807, 2.05) is 19.9 Å². The molecule has 2 aromatic heterocycles. The Labute approximate surface area is 116 Å². The number of thiophene rings is 1. The minimum atomic E-state index is -3.62. The molecule has 2 rings (SSSR count). The fourth-order valence-corrected chi connectivity index (χ4v) is 3.62. The van der Waals surface area contributed by atoms with Crippen molar-refractivity contribution in [3.8, 4) is 0 Å². The van der Waals surface area contributed by atoms with E-state index in [1.54, 1.807) is 17.4 Å². The van der Waals surface area contributed by atoms with Crippen molar-refractivity contribution in [3.63, 3.8) is 0 Å². The molecule has 0 aliphatic rings. The van der Waals surface area contributed by atoms with Crippen LogP contribution in [0.15, 0.2) is 27.7 Å². The number of nitrogens with two attached hydrogens (primary N) is 1. The Morgan fingerprint density at radius 2 is 2.11 bits per heavy atom. The number of hydrogen-bond donors (Lipinski definition) is 2. The number of rotatable bonds is 5. The maximum Gasteiger partial charge on any atom is 0.274 e. The van der Waals surface area contributed by atoms with Crippen molar-refractivity contribution in [1.29, 1.82) is 0 Å². The van der Waals surface area contributed by atoms with Crippen molar-refractivity contribution >= 4 is 21.4 Å². The Kier molecular flexibility index (Phi) is 4.10. The lowest BCUT2D eigenvalue weighted by Crippen LogP contribution is -2.22. The predicted molar refractivity (Wildman–Crippen MR) is 74.4 cm³/mol. The third-order valence-electron chi connectivity index (χ3n) is 2.76. The lowest BCUT2D eigenvalue weighted by Gasteiger charge is -2.02. The monoisotopic (exact) mass is 300 g/mol. The topological polar surface area (TPSA) is 85.3 Å². The Hall–Kier alpha value is -1.15. The molecular formula is C12H16N2O3S2. The van der Waals surface area contributed by atoms with Crippen LogP contribution in [0, 0.1) is 13.8 Å². The van der Waals surface area contributed by atoms with Crippen LogP contribution in [0.4, 0.5) is 0 Å². The lowest BCUT2D eigenvalue weighted by molar-refractivity contribution is 0.413. The molecule has 2 aromatic rings. The first-order valence-corrected chi connectivity index (χ1v) is 8.06. The largest absolute Gasteiger partial charge is 0.447 e. The molecule has 19 heavy (non-hydrogen) atoms. The van der Waals surface area contributed by atoms with Crippen LogP contribution < -0.4 is 10.5 Å². The van der Waals surface area contributed by atoms with E-state index in [1.165, 1.54) is 16.5 Å². The maximum atomic E-state index is 12.0. The van der Waals surface area contributed by atoms with Gasteiger partial charge in [-0.1, -0.05) is 0 Å². The molecule has 0 amide bonds. The smallest absolute Gasteiger partial charge is 0.274 e. The molecule has 0 saturated heterocycles. The number of sulfonamides is 1. The fourth-order valence-electron chi connectivity index (χ4n) is 1.59. The number of nitrogens with one attached hydrogen (secondary N) is 1. The van der Waals surface area contributed by atoms with Gasteiger partial charge in [-0.15, -0.1) is 11.3 Å². The molecule has 0 aromatic carbocycles. The molecule has 0 aliphatic carbocycles. The first kappa shape index (κ1) is 14.3. The molecule has 0 radical (unpaired) electrons. The van der Waals surface area contributed by atoms with E-state index in [0.717, 1.165) is 4.88 Å². The minimum absolute atomic E-state index is 0.0991. The summed E-state index contributed by atoms with van der Waals surface area (Å²) in [6.07, 6.45) is 0. The Morgan fingerprint density at radius 3 is 2.63 bits per heavy atom. The zero-order chi connectivity index (χ0) is 14.0. The van der Waals surface area contributed by atoms with Crippen molar-refractivity contribution in [2.45, 2.75) is 32.0 Å². The van der Waals surface area contributed by atoms with Gasteiger partial charge in [-0.25, -0.2) is 13.1 Å². The van der Waals surface area contributed by atoms with Crippen LogP contribution in [0.25, 0.3) is 0 Å². The van der Waals surface area contributed by atoms with Crippen LogP contribution in [0.2, 0.25) is 0 Å². The van der Waals surface area contributed by atoms with Crippen LogP contribution in [0.3, 0.4) is 0 Å². The van der Waals surface area contributed by atoms with Gasteiger partial charge in [-0.3, -0.25) is 0 Å². The van der Waals surface area contributed by atoms with Gasteiger partial charge in [0.15, 0.2) is 0 Å². The second-order valence-corrected chi connectivity index (χ2v) is 7.24. The van der Waals surface area contributed by atoms with Gasteiger partial charge in [0.05, 0.1) is 6.54 Å². The molecule has 0 saturated carbocycles. The second kappa shape index (κ2) is 5.46. The highest BCUT2D eigenvalue weighted by molar-refractivity contribution is 7.89. The zero-order valence-electron chi connectivity index (χ0n) is 10.8. The van der Waals surface area contributed by atoms with Crippen LogP contribution in [-0.4, -0.2) is 8.42 Å². The highest BCUT2D eigenvalue weighted by Gasteiger charge is 2.18. The molecule has 0 bridgehead atoms. The van der Waals surface area contributed by atoms with E-state index in [9.17, 15) is 8.42 Å². The van der Waals surface area contributed by atoms with Gasteiger partial charge >= 0.3 is 0 Å². The van der Waals surface area contributed by atoms with Crippen LogP contribution >= 0.6 is 11.3 Å². The SMILES string of the molecule is Cc1cc(CNS(=O)(=O)c2ccc(CN)o2)sc1C. The number of hydrogen-bond acceptors (Lipinski definition) is 5. The average Bonchev–Trinajstić information content (AvgIpc) is 2.95. The first-order valence-electron chi connectivity index (χ1n) is 5.77. The molecule has 0 spiro atoms. The van der Waals surface area contributed by atoms with Crippen molar-refractivity contribution in [3.05, 3.63) is 39.3 Å². The fraction of sp³-hybridized carbons (Fsp3) is 0.333. The summed E-state index contributed by atoms with van der Waals surface area (Å²) in [5.41, 5.74) is 6.55. The Balaban J connectivity index is 2.09. The lowest BCUT2D eigenvalue weighted by atomic mass is 10.3. The molecule has 0 unspecified atom stereocenters. The van der Waals surface area contributed by atoms with Crippen LogP contribution in [0.5, 0.6) is 0 Å². The standard InChI is InChI=1S/C12H16N2O3S2/c1-8-5-11(18-9(8)2)7-14-19(15,16)12-4-3-10(6-13)17-12/h3-5,14H,6-7,13H2,1-2H3. The molecule has 0 aliphatic heterocycles. The van der Waals surface area contributed by atoms with Gasteiger partial charge in [0, 0.05) is 16.3 Å². The van der Waals surface area contributed by atoms with E-state index in [-0.39, 0.29) is 18.2 Å². The van der Waals surface area contributed by atoms with Crippen molar-refractivity contribution in [2.75, 3.05) is 0 Å². The van der Waals surface area contributed by atoms with Crippen LogP contribution in [0.1, 0.15) is 21.1 Å². The van der Waals surface area contributed by atoms with E-state index in [2.05, 4.69) is 4.72 Å². The molecule has 2 heterocycles. The van der Waals surface area contributed by atoms with E-state index < -0.39 is 10.0 Å². The quantitative estimate of drug-likeness (QED) is 0.883. The van der Waals surface area contributed by atoms with Gasteiger partial charge in [0.2, 0.25) is 5.09 Å². The van der Waals surface area contributed by atoms with E-state index >= 15 is 0 Å². The predicted octanol–water partition coefficient (Wildman–Crippen LogP) is 1.90. The summed E-state index contributed by atoms with van der Waals surface area (Å²) in [7, 11) is -3.62. The normalized spacial score (nSPS) is 11.9. The van der Waals surface area contributed by atoms with Gasteiger partial charge in [-0.05, 0) is 37.6 Å². The second-order valence-electron chi connectivity index (χ2n) is 4.20. The molecule has 0 atom stereocenters.